The van der Waals surface area contributed by atoms with Gasteiger partial charge in [-0.1, -0.05) is 45.7 Å². The Bertz CT molecular complexity index is 506. The van der Waals surface area contributed by atoms with E-state index >= 15 is 0 Å². The van der Waals surface area contributed by atoms with E-state index < -0.39 is 25.7 Å². The Morgan fingerprint density at radius 2 is 1.94 bits per heavy atom. The lowest BCUT2D eigenvalue weighted by Gasteiger charge is -2.16. The number of hydrogen-bond acceptors (Lipinski definition) is 3. The molecule has 1 amide bonds. The number of rotatable bonds is 4. The van der Waals surface area contributed by atoms with Crippen LogP contribution in [0.2, 0.25) is 0 Å². The summed E-state index contributed by atoms with van der Waals surface area (Å²) in [6, 6.07) is 7.55. The third kappa shape index (κ3) is 3.40. The number of amides is 1. The highest BCUT2D eigenvalue weighted by Gasteiger charge is 2.42. The molecular formula is C9H8BrClFNO3S. The van der Waals surface area contributed by atoms with Crippen molar-refractivity contribution in [3.05, 3.63) is 35.9 Å². The summed E-state index contributed by atoms with van der Waals surface area (Å²) in [4.78, 5) is 11.5. The normalized spacial score (nSPS) is 15.0. The molecule has 0 aliphatic heterocycles. The van der Waals surface area contributed by atoms with Crippen molar-refractivity contribution in [3.8, 4) is 0 Å². The van der Waals surface area contributed by atoms with Crippen LogP contribution in [0.15, 0.2) is 30.3 Å². The van der Waals surface area contributed by atoms with Gasteiger partial charge in [0.05, 0.1) is 5.33 Å². The number of benzene rings is 1. The second-order valence-electron chi connectivity index (χ2n) is 3.07. The van der Waals surface area contributed by atoms with Gasteiger partial charge in [-0.3, -0.25) is 4.79 Å². The minimum absolute atomic E-state index is 0.0955. The van der Waals surface area contributed by atoms with Gasteiger partial charge in [-0.25, -0.2) is 17.5 Å². The van der Waals surface area contributed by atoms with Crippen LogP contribution in [0.1, 0.15) is 10.4 Å². The molecule has 0 bridgehead atoms. The van der Waals surface area contributed by atoms with Crippen molar-refractivity contribution in [3.63, 3.8) is 0 Å². The molecule has 0 spiro atoms. The van der Waals surface area contributed by atoms with E-state index in [1.165, 1.54) is 12.1 Å². The van der Waals surface area contributed by atoms with Crippen molar-refractivity contribution < 1.29 is 17.6 Å². The Kier molecular flexibility index (Phi) is 4.51. The van der Waals surface area contributed by atoms with Crippen LogP contribution in [0, 0.1) is 0 Å². The topological polar surface area (TPSA) is 63.2 Å². The van der Waals surface area contributed by atoms with Crippen molar-refractivity contribution in [1.29, 1.82) is 0 Å². The molecule has 0 saturated heterocycles. The number of halogens is 3. The van der Waals surface area contributed by atoms with Crippen molar-refractivity contribution in [2.75, 3.05) is 5.33 Å². The minimum atomic E-state index is -4.60. The maximum absolute atomic E-state index is 13.4. The molecule has 0 fully saturated rings. The van der Waals surface area contributed by atoms with E-state index in [0.29, 0.717) is 0 Å². The van der Waals surface area contributed by atoms with Crippen LogP contribution in [-0.2, 0) is 10.0 Å². The monoisotopic (exact) mass is 343 g/mol. The van der Waals surface area contributed by atoms with E-state index in [4.69, 9.17) is 11.6 Å². The zero-order valence-corrected chi connectivity index (χ0v) is 11.5. The summed E-state index contributed by atoms with van der Waals surface area (Å²) in [6.45, 7) is 0. The maximum atomic E-state index is 13.4. The molecule has 8 heteroatoms. The Hall–Kier alpha value is -0.660. The van der Waals surface area contributed by atoms with Gasteiger partial charge in [-0.15, -0.1) is 0 Å². The highest BCUT2D eigenvalue weighted by Crippen LogP contribution is 2.26. The number of nitrogens with one attached hydrogen (secondary N) is 1. The van der Waals surface area contributed by atoms with E-state index in [1.54, 1.807) is 22.9 Å². The number of carbonyl (C=O) groups is 1. The lowest BCUT2D eigenvalue weighted by Crippen LogP contribution is -2.43. The van der Waals surface area contributed by atoms with E-state index in [1.807, 2.05) is 0 Å². The number of hydrogen-bond donors (Lipinski definition) is 1. The van der Waals surface area contributed by atoms with E-state index in [0.717, 1.165) is 0 Å². The van der Waals surface area contributed by atoms with Gasteiger partial charge in [-0.2, -0.15) is 0 Å². The fourth-order valence-electron chi connectivity index (χ4n) is 0.917. The molecular weight excluding hydrogens is 337 g/mol. The molecule has 1 atom stereocenters. The first-order valence-electron chi connectivity index (χ1n) is 4.36. The van der Waals surface area contributed by atoms with Crippen LogP contribution in [0.5, 0.6) is 0 Å². The Morgan fingerprint density at radius 3 is 2.41 bits per heavy atom. The molecule has 1 unspecified atom stereocenters. The number of alkyl halides is 3. The first-order valence-corrected chi connectivity index (χ1v) is 7.34. The molecule has 1 rings (SSSR count). The van der Waals surface area contributed by atoms with Crippen molar-refractivity contribution >= 4 is 43.5 Å². The summed E-state index contributed by atoms with van der Waals surface area (Å²) in [6.07, 6.45) is 0. The summed E-state index contributed by atoms with van der Waals surface area (Å²) < 4.78 is 34.7. The Morgan fingerprint density at radius 1 is 1.41 bits per heavy atom. The van der Waals surface area contributed by atoms with Gasteiger partial charge in [-0.05, 0) is 12.1 Å². The molecule has 0 radical (unpaired) electrons. The molecule has 0 aromatic heterocycles. The Labute approximate surface area is 111 Å². The molecule has 0 saturated carbocycles. The van der Waals surface area contributed by atoms with Crippen LogP contribution in [-0.4, -0.2) is 24.1 Å². The van der Waals surface area contributed by atoms with Gasteiger partial charge in [0, 0.05) is 5.56 Å². The van der Waals surface area contributed by atoms with E-state index in [-0.39, 0.29) is 5.56 Å². The second kappa shape index (κ2) is 5.32. The van der Waals surface area contributed by atoms with Gasteiger partial charge >= 0.3 is 4.46 Å². The first-order chi connectivity index (χ1) is 7.80. The fourth-order valence-corrected chi connectivity index (χ4v) is 2.59. The number of sulfonamides is 1. The SMILES string of the molecule is O=C(NS(=O)(=O)C(F)(Cl)CBr)c1ccccc1. The zero-order chi connectivity index (χ0) is 13.1. The predicted molar refractivity (Wildman–Crippen MR) is 66.3 cm³/mol. The highest BCUT2D eigenvalue weighted by molar-refractivity contribution is 9.09. The van der Waals surface area contributed by atoms with Gasteiger partial charge in [0.1, 0.15) is 0 Å². The van der Waals surface area contributed by atoms with Gasteiger partial charge < -0.3 is 0 Å². The summed E-state index contributed by atoms with van der Waals surface area (Å²) in [5.74, 6) is -0.936. The van der Waals surface area contributed by atoms with E-state index in [2.05, 4.69) is 15.9 Å². The fraction of sp³-hybridized carbons (Fsp3) is 0.222. The maximum Gasteiger partial charge on any atom is 0.311 e. The highest BCUT2D eigenvalue weighted by atomic mass is 79.9. The summed E-state index contributed by atoms with van der Waals surface area (Å²) in [5.41, 5.74) is 0.0955. The minimum Gasteiger partial charge on any atom is -0.268 e. The van der Waals surface area contributed by atoms with Crippen molar-refractivity contribution in [2.24, 2.45) is 0 Å². The molecule has 0 aliphatic rings. The van der Waals surface area contributed by atoms with Crippen LogP contribution < -0.4 is 4.72 Å². The largest absolute Gasteiger partial charge is 0.311 e. The average molecular weight is 345 g/mol. The molecule has 1 aromatic carbocycles. The van der Waals surface area contributed by atoms with Crippen molar-refractivity contribution in [2.45, 2.75) is 4.46 Å². The van der Waals surface area contributed by atoms with Crippen LogP contribution in [0.25, 0.3) is 0 Å². The molecule has 17 heavy (non-hydrogen) atoms. The second-order valence-corrected chi connectivity index (χ2v) is 6.31. The zero-order valence-electron chi connectivity index (χ0n) is 8.36. The first kappa shape index (κ1) is 14.4. The van der Waals surface area contributed by atoms with Crippen LogP contribution in [0.4, 0.5) is 4.39 Å². The van der Waals surface area contributed by atoms with Gasteiger partial charge in [0.2, 0.25) is 0 Å². The van der Waals surface area contributed by atoms with Crippen LogP contribution in [0.3, 0.4) is 0 Å². The van der Waals surface area contributed by atoms with Gasteiger partial charge in [0.15, 0.2) is 0 Å². The summed E-state index contributed by atoms with van der Waals surface area (Å²) in [5, 5.41) is -0.654. The predicted octanol–water partition coefficient (Wildman–Crippen LogP) is 2.00. The van der Waals surface area contributed by atoms with Gasteiger partial charge in [0.25, 0.3) is 15.9 Å². The molecule has 4 nitrogen and oxygen atoms in total. The smallest absolute Gasteiger partial charge is 0.268 e. The standard InChI is InChI=1S/C9H8BrClFNO3S/c10-6-9(11,12)17(15,16)13-8(14)7-4-2-1-3-5-7/h1-5H,6H2,(H,13,14). The molecule has 1 N–H and O–H groups in total. The molecule has 1 aromatic rings. The van der Waals surface area contributed by atoms with E-state index in [9.17, 15) is 17.6 Å². The quantitative estimate of drug-likeness (QED) is 0.850. The molecule has 0 aliphatic carbocycles. The lowest BCUT2D eigenvalue weighted by molar-refractivity contribution is 0.0979. The summed E-state index contributed by atoms with van der Waals surface area (Å²) in [7, 11) is -4.60. The third-order valence-electron chi connectivity index (χ3n) is 1.81. The third-order valence-corrected chi connectivity index (χ3v) is 5.41. The Balaban J connectivity index is 2.91. The van der Waals surface area contributed by atoms with Crippen molar-refractivity contribution in [1.82, 2.24) is 4.72 Å². The number of carbonyl (C=O) groups excluding carboxylic acids is 1. The molecule has 0 heterocycles. The average Bonchev–Trinajstić information content (AvgIpc) is 2.29. The van der Waals surface area contributed by atoms with Crippen LogP contribution >= 0.6 is 27.5 Å². The molecule has 94 valence electrons. The lowest BCUT2D eigenvalue weighted by atomic mass is 10.2. The summed E-state index contributed by atoms with van der Waals surface area (Å²) >= 11 is 7.74.